The number of aromatic nitrogens is 5. The van der Waals surface area contributed by atoms with Crippen LogP contribution in [0, 0.1) is 5.92 Å². The first-order valence-corrected chi connectivity index (χ1v) is 13.0. The van der Waals surface area contributed by atoms with Crippen molar-refractivity contribution in [1.82, 2.24) is 29.9 Å². The second kappa shape index (κ2) is 9.14. The van der Waals surface area contributed by atoms with Gasteiger partial charge in [0.25, 0.3) is 0 Å². The number of carbonyl (C=O) groups excluding carboxylic acids is 1. The molecule has 3 aromatic rings. The number of urea groups is 1. The highest BCUT2D eigenvalue weighted by Crippen LogP contribution is 2.50. The normalized spacial score (nSPS) is 23.0. The highest BCUT2D eigenvalue weighted by atomic mass is 19.4. The number of aromatic amines is 1. The number of hydrogen-bond acceptors (Lipinski definition) is 6. The van der Waals surface area contributed by atoms with Crippen molar-refractivity contribution in [3.8, 4) is 11.4 Å². The van der Waals surface area contributed by atoms with E-state index < -0.39 is 12.7 Å². The van der Waals surface area contributed by atoms with Crippen LogP contribution in [-0.2, 0) is 11.3 Å². The molecule has 0 aromatic carbocycles. The summed E-state index contributed by atoms with van der Waals surface area (Å²) in [4.78, 5) is 21.6. The molecular weight excluding hydrogens is 501 g/mol. The summed E-state index contributed by atoms with van der Waals surface area (Å²) in [7, 11) is 1.62. The molecular formula is C25H31F3N8O2. The lowest BCUT2D eigenvalue weighted by molar-refractivity contribution is -0.141. The van der Waals surface area contributed by atoms with Crippen molar-refractivity contribution in [2.75, 3.05) is 37.0 Å². The summed E-state index contributed by atoms with van der Waals surface area (Å²) in [6.07, 6.45) is 3.34. The molecule has 3 fully saturated rings. The number of halogens is 3. The fraction of sp³-hybridized carbons (Fsp3) is 0.600. The van der Waals surface area contributed by atoms with Crippen LogP contribution >= 0.6 is 0 Å². The lowest BCUT2D eigenvalue weighted by atomic mass is 9.91. The first-order valence-electron chi connectivity index (χ1n) is 13.0. The lowest BCUT2D eigenvalue weighted by Crippen LogP contribution is -2.49. The summed E-state index contributed by atoms with van der Waals surface area (Å²) in [6, 6.07) is 1.37. The first-order chi connectivity index (χ1) is 18.2. The largest absolute Gasteiger partial charge is 0.408 e. The Bertz CT molecular complexity index is 1350. The second-order valence-corrected chi connectivity index (χ2v) is 10.8. The van der Waals surface area contributed by atoms with E-state index in [0.717, 1.165) is 36.8 Å². The van der Waals surface area contributed by atoms with E-state index >= 15 is 0 Å². The number of ether oxygens (including phenoxy) is 1. The number of nitrogens with zero attached hydrogens (tertiary/aromatic N) is 6. The van der Waals surface area contributed by atoms with Crippen LogP contribution in [0.5, 0.6) is 0 Å². The summed E-state index contributed by atoms with van der Waals surface area (Å²) in [5.74, 6) is 1.05. The van der Waals surface area contributed by atoms with Crippen LogP contribution in [0.1, 0.15) is 39.0 Å². The Morgan fingerprint density at radius 1 is 1.26 bits per heavy atom. The van der Waals surface area contributed by atoms with E-state index in [1.807, 2.05) is 9.80 Å². The average Bonchev–Trinajstić information content (AvgIpc) is 3.22. The highest BCUT2D eigenvalue weighted by Gasteiger charge is 2.52. The number of nitrogens with one attached hydrogen (secondary N) is 2. The van der Waals surface area contributed by atoms with E-state index in [4.69, 9.17) is 4.74 Å². The number of alkyl halides is 3. The molecule has 2 N–H and O–H groups in total. The molecule has 0 bridgehead atoms. The zero-order valence-corrected chi connectivity index (χ0v) is 21.4. The number of carbonyl (C=O) groups is 1. The second-order valence-electron chi connectivity index (χ2n) is 10.8. The predicted octanol–water partition coefficient (Wildman–Crippen LogP) is 4.41. The summed E-state index contributed by atoms with van der Waals surface area (Å²) < 4.78 is 46.7. The summed E-state index contributed by atoms with van der Waals surface area (Å²) in [5.41, 5.74) is 1.47. The minimum atomic E-state index is -4.45. The molecule has 1 saturated carbocycles. The van der Waals surface area contributed by atoms with E-state index in [9.17, 15) is 18.0 Å². The molecule has 6 rings (SSSR count). The number of methoxy groups -OCH3 is 1. The van der Waals surface area contributed by atoms with Crippen LogP contribution < -0.4 is 10.2 Å². The number of piperidine rings is 1. The Kier molecular flexibility index (Phi) is 6.00. The molecule has 1 spiro atoms. The molecule has 3 aromatic heterocycles. The maximum atomic E-state index is 13.4. The van der Waals surface area contributed by atoms with Crippen LogP contribution in [0.3, 0.4) is 0 Å². The van der Waals surface area contributed by atoms with Crippen molar-refractivity contribution < 1.29 is 22.7 Å². The van der Waals surface area contributed by atoms with E-state index in [0.29, 0.717) is 59.3 Å². The van der Waals surface area contributed by atoms with Crippen LogP contribution in [0.15, 0.2) is 18.5 Å². The average molecular weight is 533 g/mol. The topological polar surface area (TPSA) is 104 Å². The van der Waals surface area contributed by atoms with Gasteiger partial charge in [0.2, 0.25) is 0 Å². The van der Waals surface area contributed by atoms with Gasteiger partial charge in [0, 0.05) is 38.5 Å². The number of rotatable bonds is 5. The van der Waals surface area contributed by atoms with Crippen molar-refractivity contribution >= 4 is 28.4 Å². The van der Waals surface area contributed by atoms with E-state index in [2.05, 4.69) is 32.5 Å². The number of H-pyrrole nitrogens is 1. The number of pyridine rings is 1. The first kappa shape index (κ1) is 25.0. The molecule has 10 nitrogen and oxygen atoms in total. The Morgan fingerprint density at radius 2 is 2.08 bits per heavy atom. The SMILES string of the molecule is COC1CCN(c2nn(CC(F)(F)F)c3cc(-c4[nH]ncc4NC(=O)N4CC[C@H](C)CC45CC5)ncc23)C1. The van der Waals surface area contributed by atoms with Gasteiger partial charge < -0.3 is 19.9 Å². The fourth-order valence-corrected chi connectivity index (χ4v) is 5.97. The molecule has 2 atom stereocenters. The van der Waals surface area contributed by atoms with Crippen molar-refractivity contribution in [3.05, 3.63) is 18.5 Å². The van der Waals surface area contributed by atoms with Gasteiger partial charge in [0.15, 0.2) is 5.82 Å². The van der Waals surface area contributed by atoms with Gasteiger partial charge in [-0.1, -0.05) is 6.92 Å². The quantitative estimate of drug-likeness (QED) is 0.505. The van der Waals surface area contributed by atoms with Gasteiger partial charge in [-0.3, -0.25) is 14.8 Å². The standard InChI is InChI=1S/C25H31F3N8O2/c1-15-3-8-35(24(10-15)5-6-24)23(37)31-19-12-30-32-21(19)18-9-20-17(11-29-18)22(33-36(20)14-25(26,27)28)34-7-4-16(13-34)38-2/h9,11-12,15-16H,3-8,10,13-14H2,1-2H3,(H,30,32)(H,31,37)/t15-,16?/m0/s1. The molecule has 5 heterocycles. The molecule has 2 aliphatic heterocycles. The predicted molar refractivity (Wildman–Crippen MR) is 135 cm³/mol. The van der Waals surface area contributed by atoms with Gasteiger partial charge >= 0.3 is 12.2 Å². The van der Waals surface area contributed by atoms with Crippen molar-refractivity contribution in [1.29, 1.82) is 0 Å². The Labute approximate surface area is 217 Å². The number of fused-ring (bicyclic) bond motifs is 1. The maximum absolute atomic E-state index is 13.4. The van der Waals surface area contributed by atoms with Crippen molar-refractivity contribution in [2.24, 2.45) is 5.92 Å². The Balaban J connectivity index is 1.31. The Morgan fingerprint density at radius 3 is 2.79 bits per heavy atom. The molecule has 2 amide bonds. The smallest absolute Gasteiger partial charge is 0.380 e. The summed E-state index contributed by atoms with van der Waals surface area (Å²) in [6.45, 7) is 2.87. The van der Waals surface area contributed by atoms with Crippen LogP contribution in [0.2, 0.25) is 0 Å². The molecule has 1 unspecified atom stereocenters. The number of amides is 2. The molecule has 2 saturated heterocycles. The molecule has 204 valence electrons. The van der Waals surface area contributed by atoms with Gasteiger partial charge in [0.05, 0.1) is 34.6 Å². The molecule has 3 aliphatic rings. The monoisotopic (exact) mass is 532 g/mol. The number of anilines is 2. The van der Waals surface area contributed by atoms with Gasteiger partial charge in [-0.15, -0.1) is 0 Å². The molecule has 13 heteroatoms. The molecule has 1 aliphatic carbocycles. The highest BCUT2D eigenvalue weighted by molar-refractivity contribution is 5.96. The maximum Gasteiger partial charge on any atom is 0.408 e. The number of hydrogen-bond donors (Lipinski definition) is 2. The van der Waals surface area contributed by atoms with E-state index in [1.165, 1.54) is 12.4 Å². The van der Waals surface area contributed by atoms with Crippen LogP contribution in [0.25, 0.3) is 22.3 Å². The van der Waals surface area contributed by atoms with Gasteiger partial charge in [-0.25, -0.2) is 4.79 Å². The Hall–Kier alpha value is -3.35. The summed E-state index contributed by atoms with van der Waals surface area (Å²) >= 11 is 0. The fourth-order valence-electron chi connectivity index (χ4n) is 5.97. The third-order valence-electron chi connectivity index (χ3n) is 8.08. The van der Waals surface area contributed by atoms with Gasteiger partial charge in [-0.2, -0.15) is 23.4 Å². The van der Waals surface area contributed by atoms with Crippen molar-refractivity contribution in [2.45, 2.75) is 63.4 Å². The minimum Gasteiger partial charge on any atom is -0.380 e. The van der Waals surface area contributed by atoms with Gasteiger partial charge in [0.1, 0.15) is 12.2 Å². The molecule has 38 heavy (non-hydrogen) atoms. The molecule has 0 radical (unpaired) electrons. The zero-order chi connectivity index (χ0) is 26.7. The summed E-state index contributed by atoms with van der Waals surface area (Å²) in [5, 5.41) is 14.8. The van der Waals surface area contributed by atoms with Crippen LogP contribution in [0.4, 0.5) is 29.5 Å². The van der Waals surface area contributed by atoms with Gasteiger partial charge in [-0.05, 0) is 44.1 Å². The third-order valence-corrected chi connectivity index (χ3v) is 8.08. The van der Waals surface area contributed by atoms with Crippen LogP contribution in [-0.4, -0.2) is 80.5 Å². The zero-order valence-electron chi connectivity index (χ0n) is 21.4. The third kappa shape index (κ3) is 4.56. The number of likely N-dealkylation sites (tertiary alicyclic amines) is 1. The van der Waals surface area contributed by atoms with E-state index in [1.54, 1.807) is 13.2 Å². The minimum absolute atomic E-state index is 0.000829. The van der Waals surface area contributed by atoms with E-state index in [-0.39, 0.29) is 17.7 Å². The lowest BCUT2D eigenvalue weighted by Gasteiger charge is -2.39. The van der Waals surface area contributed by atoms with Crippen molar-refractivity contribution in [3.63, 3.8) is 0 Å².